The summed E-state index contributed by atoms with van der Waals surface area (Å²) >= 11 is 3.26. The van der Waals surface area contributed by atoms with Crippen molar-refractivity contribution in [2.75, 3.05) is 0 Å². The highest BCUT2D eigenvalue weighted by molar-refractivity contribution is 9.08. The van der Waals surface area contributed by atoms with E-state index in [-0.39, 0.29) is 12.4 Å². The smallest absolute Gasteiger partial charge is 0.212 e. The predicted molar refractivity (Wildman–Crippen MR) is 62.2 cm³/mol. The average molecular weight is 301 g/mol. The molecule has 0 aliphatic heterocycles. The molecule has 90 valence electrons. The second-order valence-corrected chi connectivity index (χ2v) is 3.94. The molecule has 1 aromatic heterocycles. The maximum absolute atomic E-state index is 13.5. The summed E-state index contributed by atoms with van der Waals surface area (Å²) in [5.41, 5.74) is 0.854. The largest absolute Gasteiger partial charge is 0.482 e. The quantitative estimate of drug-likeness (QED) is 0.808. The molecular weight excluding hydrogens is 291 g/mol. The van der Waals surface area contributed by atoms with Crippen molar-refractivity contribution in [3.63, 3.8) is 0 Å². The minimum Gasteiger partial charge on any atom is -0.482 e. The summed E-state index contributed by atoms with van der Waals surface area (Å²) in [5, 5.41) is 11.9. The number of ether oxygens (including phenoxy) is 1. The van der Waals surface area contributed by atoms with Crippen molar-refractivity contribution in [2.45, 2.75) is 11.9 Å². The van der Waals surface area contributed by atoms with Crippen molar-refractivity contribution in [1.82, 2.24) is 20.2 Å². The first kappa shape index (κ1) is 12.0. The normalized spacial score (nSPS) is 10.5. The molecule has 0 amide bonds. The van der Waals surface area contributed by atoms with Crippen molar-refractivity contribution in [3.05, 3.63) is 35.4 Å². The zero-order valence-electron chi connectivity index (χ0n) is 9.10. The summed E-state index contributed by atoms with van der Waals surface area (Å²) in [7, 11) is 1.65. The first-order chi connectivity index (χ1) is 8.19. The van der Waals surface area contributed by atoms with Crippen LogP contribution in [0.15, 0.2) is 18.2 Å². The Morgan fingerprint density at radius 3 is 2.88 bits per heavy atom. The molecule has 0 radical (unpaired) electrons. The standard InChI is InChI=1S/C10H10BrFN4O/c1-16-14-10(13-15-16)6-17-9-3-2-7(5-11)4-8(9)12/h2-4H,5-6H2,1H3. The van der Waals surface area contributed by atoms with Gasteiger partial charge in [0, 0.05) is 5.33 Å². The maximum atomic E-state index is 13.5. The minimum absolute atomic E-state index is 0.0957. The highest BCUT2D eigenvalue weighted by Gasteiger charge is 2.07. The van der Waals surface area contributed by atoms with Crippen LogP contribution in [0.4, 0.5) is 4.39 Å². The SMILES string of the molecule is Cn1nnc(COc2ccc(CBr)cc2F)n1. The Bertz CT molecular complexity index is 517. The van der Waals surface area contributed by atoms with Crippen LogP contribution in [-0.4, -0.2) is 20.2 Å². The summed E-state index contributed by atoms with van der Waals surface area (Å²) in [6.07, 6.45) is 0. The van der Waals surface area contributed by atoms with E-state index < -0.39 is 5.82 Å². The fourth-order valence-corrected chi connectivity index (χ4v) is 1.62. The summed E-state index contributed by atoms with van der Waals surface area (Å²) in [4.78, 5) is 1.32. The van der Waals surface area contributed by atoms with E-state index in [4.69, 9.17) is 4.74 Å². The van der Waals surface area contributed by atoms with Gasteiger partial charge in [-0.2, -0.15) is 4.80 Å². The van der Waals surface area contributed by atoms with E-state index in [0.717, 1.165) is 5.56 Å². The fraction of sp³-hybridized carbons (Fsp3) is 0.300. The van der Waals surface area contributed by atoms with Crippen LogP contribution in [0.5, 0.6) is 5.75 Å². The van der Waals surface area contributed by atoms with E-state index in [1.54, 1.807) is 19.2 Å². The van der Waals surface area contributed by atoms with Gasteiger partial charge in [-0.15, -0.1) is 10.2 Å². The number of tetrazole rings is 1. The Labute approximate surface area is 106 Å². The highest BCUT2D eigenvalue weighted by Crippen LogP contribution is 2.20. The lowest BCUT2D eigenvalue weighted by atomic mass is 10.2. The fourth-order valence-electron chi connectivity index (χ4n) is 1.27. The molecule has 0 aliphatic carbocycles. The lowest BCUT2D eigenvalue weighted by Gasteiger charge is -2.05. The molecule has 2 rings (SSSR count). The molecule has 0 bridgehead atoms. The van der Waals surface area contributed by atoms with Gasteiger partial charge in [-0.3, -0.25) is 0 Å². The number of hydrogen-bond acceptors (Lipinski definition) is 4. The zero-order valence-corrected chi connectivity index (χ0v) is 10.7. The number of halogens is 2. The van der Waals surface area contributed by atoms with Crippen molar-refractivity contribution in [3.8, 4) is 5.75 Å². The first-order valence-corrected chi connectivity index (χ1v) is 6.01. The Morgan fingerprint density at radius 2 is 2.29 bits per heavy atom. The Morgan fingerprint density at radius 1 is 1.47 bits per heavy atom. The first-order valence-electron chi connectivity index (χ1n) is 4.89. The van der Waals surface area contributed by atoms with E-state index in [0.29, 0.717) is 11.2 Å². The van der Waals surface area contributed by atoms with Gasteiger partial charge in [-0.05, 0) is 22.9 Å². The van der Waals surface area contributed by atoms with Gasteiger partial charge in [-0.25, -0.2) is 4.39 Å². The number of benzene rings is 1. The Balaban J connectivity index is 2.04. The molecule has 2 aromatic rings. The average Bonchev–Trinajstić information content (AvgIpc) is 2.73. The van der Waals surface area contributed by atoms with Gasteiger partial charge >= 0.3 is 0 Å². The molecular formula is C10H10BrFN4O. The van der Waals surface area contributed by atoms with Crippen molar-refractivity contribution in [2.24, 2.45) is 7.05 Å². The molecule has 17 heavy (non-hydrogen) atoms. The summed E-state index contributed by atoms with van der Waals surface area (Å²) in [6.45, 7) is 0.0957. The minimum atomic E-state index is -0.397. The third kappa shape index (κ3) is 3.00. The molecule has 1 aromatic carbocycles. The highest BCUT2D eigenvalue weighted by atomic mass is 79.9. The molecule has 5 nitrogen and oxygen atoms in total. The lowest BCUT2D eigenvalue weighted by Crippen LogP contribution is -2.00. The molecule has 7 heteroatoms. The Kier molecular flexibility index (Phi) is 3.68. The molecule has 0 unspecified atom stereocenters. The van der Waals surface area contributed by atoms with E-state index >= 15 is 0 Å². The zero-order chi connectivity index (χ0) is 12.3. The molecule has 0 fully saturated rings. The van der Waals surface area contributed by atoms with Crippen LogP contribution >= 0.6 is 15.9 Å². The Hall–Kier alpha value is -1.50. The van der Waals surface area contributed by atoms with Gasteiger partial charge in [0.15, 0.2) is 18.2 Å². The van der Waals surface area contributed by atoms with Gasteiger partial charge in [-0.1, -0.05) is 22.0 Å². The van der Waals surface area contributed by atoms with E-state index in [2.05, 4.69) is 31.3 Å². The summed E-state index contributed by atoms with van der Waals surface area (Å²) < 4.78 is 18.8. The van der Waals surface area contributed by atoms with Crippen LogP contribution in [0.25, 0.3) is 0 Å². The molecule has 0 saturated carbocycles. The number of nitrogens with zero attached hydrogens (tertiary/aromatic N) is 4. The van der Waals surface area contributed by atoms with Crippen molar-refractivity contribution in [1.29, 1.82) is 0 Å². The number of rotatable bonds is 4. The van der Waals surface area contributed by atoms with Crippen LogP contribution in [-0.2, 0) is 19.0 Å². The van der Waals surface area contributed by atoms with Crippen molar-refractivity contribution < 1.29 is 9.13 Å². The predicted octanol–water partition coefficient (Wildman–Crippen LogP) is 1.82. The van der Waals surface area contributed by atoms with Crippen LogP contribution in [0.2, 0.25) is 0 Å². The van der Waals surface area contributed by atoms with Gasteiger partial charge in [0.1, 0.15) is 0 Å². The summed E-state index contributed by atoms with van der Waals surface area (Å²) in [5.74, 6) is 0.199. The van der Waals surface area contributed by atoms with Gasteiger partial charge in [0.05, 0.1) is 7.05 Å². The maximum Gasteiger partial charge on any atom is 0.212 e. The van der Waals surface area contributed by atoms with Gasteiger partial charge in [0.2, 0.25) is 5.82 Å². The second kappa shape index (κ2) is 5.22. The van der Waals surface area contributed by atoms with Crippen molar-refractivity contribution >= 4 is 15.9 Å². The van der Waals surface area contributed by atoms with Gasteiger partial charge in [0.25, 0.3) is 0 Å². The molecule has 0 atom stereocenters. The van der Waals surface area contributed by atoms with E-state index in [9.17, 15) is 4.39 Å². The number of hydrogen-bond donors (Lipinski definition) is 0. The monoisotopic (exact) mass is 300 g/mol. The number of aromatic nitrogens is 4. The van der Waals surface area contributed by atoms with E-state index in [1.807, 2.05) is 0 Å². The van der Waals surface area contributed by atoms with Crippen LogP contribution in [0.3, 0.4) is 0 Å². The third-order valence-electron chi connectivity index (χ3n) is 2.06. The second-order valence-electron chi connectivity index (χ2n) is 3.38. The molecule has 0 spiro atoms. The van der Waals surface area contributed by atoms with Crippen LogP contribution in [0.1, 0.15) is 11.4 Å². The van der Waals surface area contributed by atoms with Crippen LogP contribution < -0.4 is 4.74 Å². The van der Waals surface area contributed by atoms with Crippen LogP contribution in [0, 0.1) is 5.82 Å². The molecule has 0 N–H and O–H groups in total. The molecule has 1 heterocycles. The van der Waals surface area contributed by atoms with Gasteiger partial charge < -0.3 is 4.74 Å². The third-order valence-corrected chi connectivity index (χ3v) is 2.70. The summed E-state index contributed by atoms with van der Waals surface area (Å²) in [6, 6.07) is 4.80. The number of aryl methyl sites for hydroxylation is 1. The molecule has 0 aliphatic rings. The lowest BCUT2D eigenvalue weighted by molar-refractivity contribution is 0.280. The molecule has 0 saturated heterocycles. The van der Waals surface area contributed by atoms with E-state index in [1.165, 1.54) is 10.9 Å². The topological polar surface area (TPSA) is 52.8 Å². The number of alkyl halides is 1.